The highest BCUT2D eigenvalue weighted by molar-refractivity contribution is 5.83. The maximum Gasteiger partial charge on any atom is 0.330 e. The highest BCUT2D eigenvalue weighted by Gasteiger charge is 2.23. The summed E-state index contributed by atoms with van der Waals surface area (Å²) in [4.78, 5) is 22.8. The predicted octanol–water partition coefficient (Wildman–Crippen LogP) is 1.91. The van der Waals surface area contributed by atoms with Crippen LogP contribution in [-0.4, -0.2) is 22.6 Å². The minimum absolute atomic E-state index is 0.413. The van der Waals surface area contributed by atoms with Gasteiger partial charge in [-0.2, -0.15) is 0 Å². The van der Waals surface area contributed by atoms with Crippen molar-refractivity contribution in [2.45, 2.75) is 32.4 Å². The van der Waals surface area contributed by atoms with Crippen molar-refractivity contribution < 1.29 is 14.7 Å². The lowest BCUT2D eigenvalue weighted by molar-refractivity contribution is -0.139. The quantitative estimate of drug-likeness (QED) is 0.766. The van der Waals surface area contributed by atoms with Crippen molar-refractivity contribution in [2.75, 3.05) is 0 Å². The first-order valence-corrected chi connectivity index (χ1v) is 5.66. The summed E-state index contributed by atoms with van der Waals surface area (Å²) in [5, 5.41) is 14.2. The Morgan fingerprint density at radius 2 is 1.72 bits per heavy atom. The smallest absolute Gasteiger partial charge is 0.330 e. The first-order chi connectivity index (χ1) is 8.29. The zero-order valence-corrected chi connectivity index (χ0v) is 10.7. The van der Waals surface area contributed by atoms with E-state index in [2.05, 4.69) is 10.6 Å². The molecule has 0 saturated heterocycles. The van der Waals surface area contributed by atoms with E-state index >= 15 is 0 Å². The highest BCUT2D eigenvalue weighted by Crippen LogP contribution is 2.12. The third-order valence-corrected chi connectivity index (χ3v) is 2.14. The Bertz CT molecular complexity index is 424. The van der Waals surface area contributed by atoms with Crippen LogP contribution < -0.4 is 10.6 Å². The van der Waals surface area contributed by atoms with Gasteiger partial charge in [-0.15, -0.1) is 0 Å². The lowest BCUT2D eigenvalue weighted by Crippen LogP contribution is -2.48. The summed E-state index contributed by atoms with van der Waals surface area (Å²) in [7, 11) is 0. The Hall–Kier alpha value is -2.04. The molecule has 1 atom stereocenters. The summed E-state index contributed by atoms with van der Waals surface area (Å²) in [6.07, 6.45) is 0. The van der Waals surface area contributed by atoms with Crippen LogP contribution in [0.1, 0.15) is 32.4 Å². The van der Waals surface area contributed by atoms with Crippen LogP contribution >= 0.6 is 0 Å². The van der Waals surface area contributed by atoms with Crippen LogP contribution in [0.5, 0.6) is 0 Å². The molecule has 1 rings (SSSR count). The second-order valence-electron chi connectivity index (χ2n) is 5.03. The maximum atomic E-state index is 11.7. The zero-order valence-electron chi connectivity index (χ0n) is 10.7. The SMILES string of the molecule is CC(C)(C)NC(=O)N[C@@H](C(=O)O)c1ccccc1. The molecule has 0 spiro atoms. The molecule has 0 bridgehead atoms. The van der Waals surface area contributed by atoms with Gasteiger partial charge in [-0.3, -0.25) is 0 Å². The summed E-state index contributed by atoms with van der Waals surface area (Å²) >= 11 is 0. The van der Waals surface area contributed by atoms with Crippen molar-refractivity contribution >= 4 is 12.0 Å². The topological polar surface area (TPSA) is 78.4 Å². The van der Waals surface area contributed by atoms with E-state index < -0.39 is 23.6 Å². The van der Waals surface area contributed by atoms with Gasteiger partial charge in [-0.1, -0.05) is 30.3 Å². The molecular formula is C13H18N2O3. The Morgan fingerprint density at radius 3 is 2.17 bits per heavy atom. The second-order valence-corrected chi connectivity index (χ2v) is 5.03. The van der Waals surface area contributed by atoms with Gasteiger partial charge in [-0.05, 0) is 26.3 Å². The molecule has 3 N–H and O–H groups in total. The molecular weight excluding hydrogens is 232 g/mol. The van der Waals surface area contributed by atoms with Crippen LogP contribution in [0.4, 0.5) is 4.79 Å². The molecule has 0 aliphatic carbocycles. The van der Waals surface area contributed by atoms with E-state index in [4.69, 9.17) is 5.11 Å². The molecule has 0 fully saturated rings. The molecule has 5 heteroatoms. The minimum atomic E-state index is -1.09. The fourth-order valence-electron chi connectivity index (χ4n) is 1.44. The van der Waals surface area contributed by atoms with Gasteiger partial charge in [0, 0.05) is 5.54 Å². The van der Waals surface area contributed by atoms with E-state index in [-0.39, 0.29) is 0 Å². The number of hydrogen-bond acceptors (Lipinski definition) is 2. The molecule has 1 aromatic rings. The van der Waals surface area contributed by atoms with E-state index in [1.165, 1.54) is 0 Å². The first kappa shape index (κ1) is 14.0. The number of nitrogens with one attached hydrogen (secondary N) is 2. The van der Waals surface area contributed by atoms with Crippen LogP contribution in [0.3, 0.4) is 0 Å². The molecule has 0 aromatic heterocycles. The number of carbonyl (C=O) groups excluding carboxylic acids is 1. The molecule has 0 saturated carbocycles. The Morgan fingerprint density at radius 1 is 1.17 bits per heavy atom. The van der Waals surface area contributed by atoms with Crippen molar-refractivity contribution in [3.63, 3.8) is 0 Å². The summed E-state index contributed by atoms with van der Waals surface area (Å²) in [5.41, 5.74) is 0.123. The number of rotatable bonds is 3. The van der Waals surface area contributed by atoms with Crippen molar-refractivity contribution in [1.82, 2.24) is 10.6 Å². The normalized spacial score (nSPS) is 12.6. The third kappa shape index (κ3) is 4.45. The maximum absolute atomic E-state index is 11.7. The monoisotopic (exact) mass is 250 g/mol. The van der Waals surface area contributed by atoms with Gasteiger partial charge in [-0.25, -0.2) is 9.59 Å². The Balaban J connectivity index is 2.77. The molecule has 0 heterocycles. The number of hydrogen-bond donors (Lipinski definition) is 3. The van der Waals surface area contributed by atoms with Gasteiger partial charge in [0.05, 0.1) is 0 Å². The second kappa shape index (κ2) is 5.53. The highest BCUT2D eigenvalue weighted by atomic mass is 16.4. The Kier molecular flexibility index (Phi) is 4.31. The lowest BCUT2D eigenvalue weighted by Gasteiger charge is -2.23. The molecule has 0 radical (unpaired) electrons. The van der Waals surface area contributed by atoms with Crippen LogP contribution in [0, 0.1) is 0 Å². The summed E-state index contributed by atoms with van der Waals surface area (Å²) in [6, 6.07) is 7.03. The van der Waals surface area contributed by atoms with Crippen molar-refractivity contribution in [1.29, 1.82) is 0 Å². The van der Waals surface area contributed by atoms with Crippen molar-refractivity contribution in [3.8, 4) is 0 Å². The molecule has 98 valence electrons. The molecule has 0 unspecified atom stereocenters. The predicted molar refractivity (Wildman–Crippen MR) is 68.2 cm³/mol. The number of benzene rings is 1. The van der Waals surface area contributed by atoms with Crippen molar-refractivity contribution in [3.05, 3.63) is 35.9 Å². The number of aliphatic carboxylic acids is 1. The number of amides is 2. The molecule has 2 amide bonds. The standard InChI is InChI=1S/C13H18N2O3/c1-13(2,3)15-12(18)14-10(11(16)17)9-7-5-4-6-8-9/h4-8,10H,1-3H3,(H,16,17)(H2,14,15,18)/t10-/m1/s1. The zero-order chi connectivity index (χ0) is 13.8. The van der Waals surface area contributed by atoms with E-state index in [1.54, 1.807) is 30.3 Å². The van der Waals surface area contributed by atoms with Gasteiger partial charge in [0.2, 0.25) is 0 Å². The lowest BCUT2D eigenvalue weighted by atomic mass is 10.1. The number of carboxylic acids is 1. The van der Waals surface area contributed by atoms with Gasteiger partial charge in [0.25, 0.3) is 0 Å². The summed E-state index contributed by atoms with van der Waals surface area (Å²) in [5.74, 6) is -1.09. The number of urea groups is 1. The largest absolute Gasteiger partial charge is 0.479 e. The number of carbonyl (C=O) groups is 2. The fourth-order valence-corrected chi connectivity index (χ4v) is 1.44. The van der Waals surface area contributed by atoms with Crippen molar-refractivity contribution in [2.24, 2.45) is 0 Å². The fraction of sp³-hybridized carbons (Fsp3) is 0.385. The van der Waals surface area contributed by atoms with Crippen LogP contribution in [0.25, 0.3) is 0 Å². The van der Waals surface area contributed by atoms with Crippen LogP contribution in [0.2, 0.25) is 0 Å². The van der Waals surface area contributed by atoms with E-state index in [0.29, 0.717) is 5.56 Å². The van der Waals surface area contributed by atoms with Gasteiger partial charge < -0.3 is 15.7 Å². The minimum Gasteiger partial charge on any atom is -0.479 e. The van der Waals surface area contributed by atoms with Crippen LogP contribution in [0.15, 0.2) is 30.3 Å². The molecule has 5 nitrogen and oxygen atoms in total. The van der Waals surface area contributed by atoms with Gasteiger partial charge in [0.1, 0.15) is 0 Å². The average Bonchev–Trinajstić information content (AvgIpc) is 2.24. The number of carboxylic acid groups (broad SMARTS) is 1. The summed E-state index contributed by atoms with van der Waals surface area (Å²) in [6.45, 7) is 5.47. The van der Waals surface area contributed by atoms with E-state index in [0.717, 1.165) is 0 Å². The molecule has 18 heavy (non-hydrogen) atoms. The summed E-state index contributed by atoms with van der Waals surface area (Å²) < 4.78 is 0. The molecule has 0 aliphatic rings. The molecule has 0 aliphatic heterocycles. The first-order valence-electron chi connectivity index (χ1n) is 5.66. The van der Waals surface area contributed by atoms with Gasteiger partial charge in [0.15, 0.2) is 6.04 Å². The average molecular weight is 250 g/mol. The van der Waals surface area contributed by atoms with E-state index in [1.807, 2.05) is 20.8 Å². The Labute approximate surface area is 106 Å². The molecule has 1 aromatic carbocycles. The third-order valence-electron chi connectivity index (χ3n) is 2.14. The van der Waals surface area contributed by atoms with Gasteiger partial charge >= 0.3 is 12.0 Å². The van der Waals surface area contributed by atoms with Crippen LogP contribution in [-0.2, 0) is 4.79 Å². The van der Waals surface area contributed by atoms with E-state index in [9.17, 15) is 9.59 Å².